The summed E-state index contributed by atoms with van der Waals surface area (Å²) in [5, 5.41) is 0. The molecule has 4 heteroatoms. The molecule has 0 N–H and O–H groups in total. The molecule has 0 atom stereocenters. The second-order valence-electron chi connectivity index (χ2n) is 11.4. The highest BCUT2D eigenvalue weighted by Crippen LogP contribution is 2.42. The highest BCUT2D eigenvalue weighted by molar-refractivity contribution is 6.36. The number of hydrogen-bond donors (Lipinski definition) is 0. The van der Waals surface area contributed by atoms with E-state index in [1.54, 1.807) is 0 Å². The maximum absolute atomic E-state index is 6.81. The van der Waals surface area contributed by atoms with Gasteiger partial charge >= 0.3 is 15.1 Å². The third-order valence-electron chi connectivity index (χ3n) is 8.21. The summed E-state index contributed by atoms with van der Waals surface area (Å²) < 4.78 is 20.4. The van der Waals surface area contributed by atoms with E-state index in [0.29, 0.717) is 17.8 Å². The van der Waals surface area contributed by atoms with Crippen LogP contribution in [0.15, 0.2) is 0 Å². The van der Waals surface area contributed by atoms with Crippen LogP contribution in [0, 0.1) is 17.8 Å². The van der Waals surface area contributed by atoms with E-state index in [0.717, 1.165) is 0 Å². The van der Waals surface area contributed by atoms with Crippen LogP contribution >= 0.6 is 0 Å². The van der Waals surface area contributed by atoms with Gasteiger partial charge in [0.25, 0.3) is 0 Å². The molecular weight excluding hydrogens is 363 g/mol. The Balaban J connectivity index is 1.72. The lowest BCUT2D eigenvalue weighted by Crippen LogP contribution is -2.51. The molecule has 3 aliphatic rings. The van der Waals surface area contributed by atoms with Crippen LogP contribution in [0.4, 0.5) is 0 Å². The van der Waals surface area contributed by atoms with Crippen molar-refractivity contribution in [3.63, 3.8) is 0 Å². The fraction of sp³-hybridized carbons (Fsp3) is 1.00. The van der Waals surface area contributed by atoms with Gasteiger partial charge in [0.15, 0.2) is 0 Å². The van der Waals surface area contributed by atoms with Crippen molar-refractivity contribution in [3.8, 4) is 0 Å². The Labute approximate surface area is 179 Å². The molecule has 0 aromatic heterocycles. The van der Waals surface area contributed by atoms with Crippen molar-refractivity contribution in [2.45, 2.75) is 135 Å². The summed E-state index contributed by atoms with van der Waals surface area (Å²) in [6.45, 7) is 13.7. The summed E-state index contributed by atoms with van der Waals surface area (Å²) in [7, 11) is 0. The molecule has 0 bridgehead atoms. The van der Waals surface area contributed by atoms with Gasteiger partial charge in [-0.1, -0.05) is 38.5 Å². The Morgan fingerprint density at radius 1 is 0.464 bits per heavy atom. The molecule has 3 saturated carbocycles. The molecule has 3 rings (SSSR count). The maximum Gasteiger partial charge on any atom is 0.906 e. The summed E-state index contributed by atoms with van der Waals surface area (Å²) in [6.07, 6.45) is 15.7. The molecule has 3 nitrogen and oxygen atoms in total. The fourth-order valence-electron chi connectivity index (χ4n) is 5.97. The van der Waals surface area contributed by atoms with Crippen LogP contribution in [0.5, 0.6) is 0 Å². The number of hydrogen-bond acceptors (Lipinski definition) is 3. The first-order valence-corrected chi connectivity index (χ1v) is 13.5. The van der Waals surface area contributed by atoms with Crippen LogP contribution in [-0.4, -0.2) is 32.0 Å². The normalized spacial score (nSPS) is 23.8. The zero-order valence-electron chi connectivity index (χ0n) is 19.5. The molecule has 162 valence electrons. The molecule has 0 saturated heterocycles. The minimum absolute atomic E-state index is 0.148. The van der Waals surface area contributed by atoms with Crippen LogP contribution in [0.2, 0.25) is 0 Å². The van der Waals surface area contributed by atoms with Crippen molar-refractivity contribution in [2.24, 2.45) is 17.8 Å². The topological polar surface area (TPSA) is 27.7 Å². The first kappa shape index (κ1) is 23.1. The van der Waals surface area contributed by atoms with E-state index in [2.05, 4.69) is 41.5 Å². The van der Waals surface area contributed by atoms with E-state index < -0.39 is 15.1 Å². The molecule has 0 radical (unpaired) electrons. The van der Waals surface area contributed by atoms with Crippen molar-refractivity contribution in [1.29, 1.82) is 0 Å². The standard InChI is InChI=1S/3C8H15O.Al/c3*1-8(2,9)7-5-3-4-6-7;/h3*7H,3-6H2,1-2H3;/q3*-1;+3. The van der Waals surface area contributed by atoms with Gasteiger partial charge in [0.2, 0.25) is 0 Å². The predicted octanol–water partition coefficient (Wildman–Crippen LogP) is 6.93. The second-order valence-corrected chi connectivity index (χ2v) is 12.7. The van der Waals surface area contributed by atoms with Gasteiger partial charge in [0.1, 0.15) is 0 Å². The third kappa shape index (κ3) is 5.76. The van der Waals surface area contributed by atoms with Gasteiger partial charge in [-0.3, -0.25) is 0 Å². The highest BCUT2D eigenvalue weighted by Gasteiger charge is 2.50. The molecule has 0 aliphatic heterocycles. The van der Waals surface area contributed by atoms with E-state index in [4.69, 9.17) is 11.4 Å². The molecule has 3 aliphatic carbocycles. The van der Waals surface area contributed by atoms with E-state index in [1.165, 1.54) is 77.0 Å². The lowest BCUT2D eigenvalue weighted by atomic mass is 9.90. The molecule has 0 aromatic carbocycles. The Kier molecular flexibility index (Phi) is 7.64. The summed E-state index contributed by atoms with van der Waals surface area (Å²) >= 11 is -2.28. The molecule has 0 unspecified atom stereocenters. The van der Waals surface area contributed by atoms with Crippen LogP contribution < -0.4 is 0 Å². The first-order valence-electron chi connectivity index (χ1n) is 12.1. The largest absolute Gasteiger partial charge is 0.906 e. The zero-order chi connectivity index (χ0) is 20.4. The van der Waals surface area contributed by atoms with Crippen LogP contribution in [-0.2, 0) is 11.4 Å². The van der Waals surface area contributed by atoms with Crippen LogP contribution in [0.3, 0.4) is 0 Å². The Hall–Kier alpha value is 0.412. The van der Waals surface area contributed by atoms with E-state index >= 15 is 0 Å². The lowest BCUT2D eigenvalue weighted by molar-refractivity contribution is -0.103. The highest BCUT2D eigenvalue weighted by atomic mass is 27.3. The predicted molar refractivity (Wildman–Crippen MR) is 117 cm³/mol. The van der Waals surface area contributed by atoms with Crippen molar-refractivity contribution < 1.29 is 11.4 Å². The van der Waals surface area contributed by atoms with Crippen molar-refractivity contribution in [1.82, 2.24) is 0 Å². The number of rotatable bonds is 9. The van der Waals surface area contributed by atoms with Crippen molar-refractivity contribution in [3.05, 3.63) is 0 Å². The minimum atomic E-state index is -2.28. The van der Waals surface area contributed by atoms with Gasteiger partial charge in [-0.2, -0.15) is 0 Å². The van der Waals surface area contributed by atoms with Crippen LogP contribution in [0.1, 0.15) is 119 Å². The Bertz CT molecular complexity index is 413. The van der Waals surface area contributed by atoms with Gasteiger partial charge in [-0.25, -0.2) is 0 Å². The molecule has 0 heterocycles. The molecular formula is C24H45AlO3. The van der Waals surface area contributed by atoms with Gasteiger partial charge in [0, 0.05) is 16.8 Å². The van der Waals surface area contributed by atoms with Crippen LogP contribution in [0.25, 0.3) is 0 Å². The van der Waals surface area contributed by atoms with Gasteiger partial charge in [0.05, 0.1) is 0 Å². The molecule has 0 aromatic rings. The Morgan fingerprint density at radius 2 is 0.679 bits per heavy atom. The average molecular weight is 409 g/mol. The molecule has 3 fully saturated rings. The monoisotopic (exact) mass is 408 g/mol. The SMILES string of the molecule is CC(C)([O][Al]([O]C(C)(C)C1CCCC1)[O]C(C)(C)C1CCCC1)C1CCCC1. The van der Waals surface area contributed by atoms with Gasteiger partial charge in [-0.15, -0.1) is 0 Å². The summed E-state index contributed by atoms with van der Waals surface area (Å²) in [6, 6.07) is 0. The average Bonchev–Trinajstić information content (AvgIpc) is 3.36. The lowest BCUT2D eigenvalue weighted by Gasteiger charge is -2.42. The molecule has 0 amide bonds. The fourth-order valence-corrected chi connectivity index (χ4v) is 8.18. The smallest absolute Gasteiger partial charge is 0.449 e. The zero-order valence-corrected chi connectivity index (χ0v) is 20.7. The molecule has 0 spiro atoms. The first-order chi connectivity index (χ1) is 13.1. The van der Waals surface area contributed by atoms with E-state index in [9.17, 15) is 0 Å². The third-order valence-corrected chi connectivity index (χ3v) is 10.6. The second kappa shape index (κ2) is 9.27. The summed E-state index contributed by atoms with van der Waals surface area (Å²) in [4.78, 5) is 0. The van der Waals surface area contributed by atoms with E-state index in [1.807, 2.05) is 0 Å². The van der Waals surface area contributed by atoms with Gasteiger partial charge < -0.3 is 11.4 Å². The summed E-state index contributed by atoms with van der Waals surface area (Å²) in [5.41, 5.74) is -0.444. The maximum atomic E-state index is 6.81. The van der Waals surface area contributed by atoms with Gasteiger partial charge in [-0.05, 0) is 97.8 Å². The van der Waals surface area contributed by atoms with E-state index in [-0.39, 0.29) is 16.8 Å². The minimum Gasteiger partial charge on any atom is -0.449 e. The van der Waals surface area contributed by atoms with Crippen molar-refractivity contribution >= 4 is 15.1 Å². The quantitative estimate of drug-likeness (QED) is 0.387. The molecule has 28 heavy (non-hydrogen) atoms. The van der Waals surface area contributed by atoms with Crippen molar-refractivity contribution in [2.75, 3.05) is 0 Å². The Morgan fingerprint density at radius 3 is 0.893 bits per heavy atom. The summed E-state index contributed by atoms with van der Waals surface area (Å²) in [5.74, 6) is 1.91.